The first kappa shape index (κ1) is 28.9. The van der Waals surface area contributed by atoms with Crippen LogP contribution in [0.25, 0.3) is 0 Å². The number of aliphatic hydroxyl groups excluding tert-OH is 1. The van der Waals surface area contributed by atoms with Gasteiger partial charge >= 0.3 is 11.9 Å². The number of unbranched alkanes of at least 4 members (excludes halogenated alkanes) is 8. The zero-order chi connectivity index (χ0) is 23.3. The van der Waals surface area contributed by atoms with E-state index in [1.165, 1.54) is 25.7 Å². The minimum absolute atomic E-state index is 0.183. The summed E-state index contributed by atoms with van der Waals surface area (Å²) in [5, 5.41) is 29.0. The molecule has 0 aliphatic carbocycles. The van der Waals surface area contributed by atoms with E-state index in [1.54, 1.807) is 0 Å². The number of carboxylic acids is 2. The molecule has 1 amide bonds. The number of carbonyl (C=O) groups excluding carboxylic acids is 1. The van der Waals surface area contributed by atoms with Crippen LogP contribution in [0.15, 0.2) is 24.3 Å². The number of carbonyl (C=O) groups is 3. The quantitative estimate of drug-likeness (QED) is 0.162. The van der Waals surface area contributed by atoms with Crippen LogP contribution in [-0.4, -0.2) is 45.3 Å². The highest BCUT2D eigenvalue weighted by Gasteiger charge is 2.22. The molecule has 0 saturated carbocycles. The Labute approximate surface area is 186 Å². The van der Waals surface area contributed by atoms with Gasteiger partial charge in [-0.25, -0.2) is 4.79 Å². The fourth-order valence-electron chi connectivity index (χ4n) is 3.08. The van der Waals surface area contributed by atoms with Gasteiger partial charge in [0.15, 0.2) is 0 Å². The molecule has 0 aromatic heterocycles. The highest BCUT2D eigenvalue weighted by Crippen LogP contribution is 2.09. The molecule has 0 aromatic rings. The predicted molar refractivity (Wildman–Crippen MR) is 122 cm³/mol. The maximum atomic E-state index is 11.7. The standard InChI is InChI=1S/C24H41NO6/c1-20(26)17-15-13-11-9-7-5-3-2-4-6-8-10-12-14-16-18-22(27)25-21(24(30)31)19-23(28)29/h9-12,20-21,26H,2-8,13-19H2,1H3,(H,25,27)(H,28,29)(H,30,31)/b11-9-,12-10-. The molecule has 0 spiro atoms. The van der Waals surface area contributed by atoms with Crippen LogP contribution in [0.1, 0.15) is 96.8 Å². The van der Waals surface area contributed by atoms with Crippen LogP contribution in [0.5, 0.6) is 0 Å². The Morgan fingerprint density at radius 2 is 1.26 bits per heavy atom. The van der Waals surface area contributed by atoms with Gasteiger partial charge < -0.3 is 20.6 Å². The smallest absolute Gasteiger partial charge is 0.326 e. The van der Waals surface area contributed by atoms with Crippen molar-refractivity contribution in [2.45, 2.75) is 109 Å². The molecule has 2 atom stereocenters. The number of aliphatic hydroxyl groups is 1. The average Bonchev–Trinajstić information content (AvgIpc) is 2.69. The number of rotatable bonds is 20. The van der Waals surface area contributed by atoms with Crippen molar-refractivity contribution in [3.63, 3.8) is 0 Å². The molecule has 0 bridgehead atoms. The van der Waals surface area contributed by atoms with Crippen molar-refractivity contribution in [3.05, 3.63) is 24.3 Å². The number of hydrogen-bond acceptors (Lipinski definition) is 4. The van der Waals surface area contributed by atoms with Gasteiger partial charge in [0.25, 0.3) is 0 Å². The lowest BCUT2D eigenvalue weighted by atomic mass is 10.1. The Hall–Kier alpha value is -2.15. The number of aliphatic carboxylic acids is 2. The van der Waals surface area contributed by atoms with Gasteiger partial charge in [0.05, 0.1) is 12.5 Å². The molecule has 4 N–H and O–H groups in total. The van der Waals surface area contributed by atoms with E-state index in [1.807, 2.05) is 13.0 Å². The van der Waals surface area contributed by atoms with Crippen LogP contribution in [0.4, 0.5) is 0 Å². The Morgan fingerprint density at radius 1 is 0.774 bits per heavy atom. The van der Waals surface area contributed by atoms with Crippen LogP contribution in [0, 0.1) is 0 Å². The third-order valence-electron chi connectivity index (χ3n) is 4.85. The van der Waals surface area contributed by atoms with Crippen molar-refractivity contribution in [1.29, 1.82) is 0 Å². The molecule has 0 aromatic carbocycles. The second kappa shape index (κ2) is 19.8. The van der Waals surface area contributed by atoms with Crippen LogP contribution in [0.3, 0.4) is 0 Å². The monoisotopic (exact) mass is 439 g/mol. The van der Waals surface area contributed by atoms with E-state index < -0.39 is 30.3 Å². The van der Waals surface area contributed by atoms with E-state index in [0.29, 0.717) is 6.42 Å². The van der Waals surface area contributed by atoms with Crippen molar-refractivity contribution in [2.24, 2.45) is 0 Å². The summed E-state index contributed by atoms with van der Waals surface area (Å²) in [4.78, 5) is 33.2. The van der Waals surface area contributed by atoms with E-state index >= 15 is 0 Å². The molecule has 2 unspecified atom stereocenters. The molecular formula is C24H41NO6. The van der Waals surface area contributed by atoms with Gasteiger partial charge in [-0.2, -0.15) is 0 Å². The fraction of sp³-hybridized carbons (Fsp3) is 0.708. The van der Waals surface area contributed by atoms with E-state index in [-0.39, 0.29) is 12.5 Å². The van der Waals surface area contributed by atoms with Gasteiger partial charge in [0, 0.05) is 6.42 Å². The maximum absolute atomic E-state index is 11.7. The van der Waals surface area contributed by atoms with Crippen LogP contribution in [-0.2, 0) is 14.4 Å². The van der Waals surface area contributed by atoms with Gasteiger partial charge in [0.2, 0.25) is 5.91 Å². The second-order valence-corrected chi connectivity index (χ2v) is 8.02. The topological polar surface area (TPSA) is 124 Å². The van der Waals surface area contributed by atoms with Crippen molar-refractivity contribution in [3.8, 4) is 0 Å². The summed E-state index contributed by atoms with van der Waals surface area (Å²) in [6, 6.07) is -1.38. The number of amides is 1. The lowest BCUT2D eigenvalue weighted by Gasteiger charge is -2.11. The maximum Gasteiger partial charge on any atom is 0.326 e. The van der Waals surface area contributed by atoms with Gasteiger partial charge in [-0.05, 0) is 64.7 Å². The Morgan fingerprint density at radius 3 is 1.74 bits per heavy atom. The Bertz CT molecular complexity index is 556. The lowest BCUT2D eigenvalue weighted by molar-refractivity contribution is -0.147. The molecule has 0 aliphatic rings. The predicted octanol–water partition coefficient (Wildman–Crippen LogP) is 4.60. The first-order valence-electron chi connectivity index (χ1n) is 11.5. The van der Waals surface area contributed by atoms with Crippen molar-refractivity contribution in [1.82, 2.24) is 5.32 Å². The minimum Gasteiger partial charge on any atom is -0.481 e. The zero-order valence-electron chi connectivity index (χ0n) is 18.9. The summed E-state index contributed by atoms with van der Waals surface area (Å²) < 4.78 is 0. The SMILES string of the molecule is CC(O)CCC/C=C\CCCCCCC/C=C\CCCC(=O)NC(CC(=O)O)C(=O)O. The van der Waals surface area contributed by atoms with Crippen LogP contribution < -0.4 is 5.32 Å². The molecule has 0 fully saturated rings. The molecule has 0 radical (unpaired) electrons. The first-order valence-corrected chi connectivity index (χ1v) is 11.5. The summed E-state index contributed by atoms with van der Waals surface area (Å²) >= 11 is 0. The molecule has 0 rings (SSSR count). The van der Waals surface area contributed by atoms with Crippen LogP contribution >= 0.6 is 0 Å². The number of carboxylic acid groups (broad SMARTS) is 2. The second-order valence-electron chi connectivity index (χ2n) is 8.02. The number of hydrogen-bond donors (Lipinski definition) is 4. The normalized spacial score (nSPS) is 13.5. The first-order chi connectivity index (χ1) is 14.8. The summed E-state index contributed by atoms with van der Waals surface area (Å²) in [7, 11) is 0. The van der Waals surface area contributed by atoms with Crippen molar-refractivity contribution < 1.29 is 29.7 Å². The largest absolute Gasteiger partial charge is 0.481 e. The van der Waals surface area contributed by atoms with Gasteiger partial charge in [-0.1, -0.05) is 43.6 Å². The van der Waals surface area contributed by atoms with E-state index in [4.69, 9.17) is 10.2 Å². The van der Waals surface area contributed by atoms with E-state index in [0.717, 1.165) is 44.9 Å². The third kappa shape index (κ3) is 20.9. The molecular weight excluding hydrogens is 398 g/mol. The minimum atomic E-state index is -1.38. The highest BCUT2D eigenvalue weighted by atomic mass is 16.4. The van der Waals surface area contributed by atoms with Gasteiger partial charge in [0.1, 0.15) is 6.04 Å². The molecule has 178 valence electrons. The summed E-state index contributed by atoms with van der Waals surface area (Å²) in [5.74, 6) is -3.03. The Kier molecular flexibility index (Phi) is 18.4. The molecule has 0 saturated heterocycles. The van der Waals surface area contributed by atoms with Gasteiger partial charge in [-0.15, -0.1) is 0 Å². The molecule has 7 heteroatoms. The van der Waals surface area contributed by atoms with Crippen LogP contribution in [0.2, 0.25) is 0 Å². The van der Waals surface area contributed by atoms with Crippen molar-refractivity contribution in [2.75, 3.05) is 0 Å². The van der Waals surface area contributed by atoms with E-state index in [2.05, 4.69) is 23.5 Å². The molecule has 31 heavy (non-hydrogen) atoms. The third-order valence-corrected chi connectivity index (χ3v) is 4.85. The van der Waals surface area contributed by atoms with Crippen molar-refractivity contribution >= 4 is 17.8 Å². The summed E-state index contributed by atoms with van der Waals surface area (Å²) in [5.41, 5.74) is 0. The summed E-state index contributed by atoms with van der Waals surface area (Å²) in [6.07, 6.45) is 20.6. The molecule has 0 heterocycles. The lowest BCUT2D eigenvalue weighted by Crippen LogP contribution is -2.42. The van der Waals surface area contributed by atoms with E-state index in [9.17, 15) is 19.5 Å². The Balaban J connectivity index is 3.53. The zero-order valence-corrected chi connectivity index (χ0v) is 18.9. The fourth-order valence-corrected chi connectivity index (χ4v) is 3.08. The number of allylic oxidation sites excluding steroid dienone is 4. The highest BCUT2D eigenvalue weighted by molar-refractivity contribution is 5.86. The average molecular weight is 440 g/mol. The summed E-state index contributed by atoms with van der Waals surface area (Å²) in [6.45, 7) is 1.83. The van der Waals surface area contributed by atoms with Gasteiger partial charge in [-0.3, -0.25) is 9.59 Å². The molecule has 7 nitrogen and oxygen atoms in total. The molecule has 0 aliphatic heterocycles. The number of nitrogens with one attached hydrogen (secondary N) is 1.